The van der Waals surface area contributed by atoms with E-state index >= 15 is 0 Å². The SMILES string of the molecule is CC(C)COc1cccc(/C(O)=C2/C(=O)C(=O)N(c3ccc(F)cc3)C2c2ccc(F)cc2)c1. The molecule has 1 fully saturated rings. The molecule has 1 saturated heterocycles. The molecule has 0 saturated carbocycles. The Hall–Kier alpha value is -4.00. The molecule has 1 atom stereocenters. The topological polar surface area (TPSA) is 66.8 Å². The van der Waals surface area contributed by atoms with Crippen LogP contribution in [0.1, 0.15) is 31.0 Å². The molecule has 0 spiro atoms. The molecule has 1 N–H and O–H groups in total. The fourth-order valence-electron chi connectivity index (χ4n) is 3.81. The van der Waals surface area contributed by atoms with Crippen molar-refractivity contribution in [2.75, 3.05) is 11.5 Å². The van der Waals surface area contributed by atoms with Crippen molar-refractivity contribution >= 4 is 23.1 Å². The van der Waals surface area contributed by atoms with Crippen LogP contribution in [-0.2, 0) is 9.59 Å². The van der Waals surface area contributed by atoms with Gasteiger partial charge < -0.3 is 9.84 Å². The van der Waals surface area contributed by atoms with E-state index in [0.717, 1.165) is 0 Å². The first-order valence-electron chi connectivity index (χ1n) is 10.8. The number of carbonyl (C=O) groups excluding carboxylic acids is 2. The molecule has 5 nitrogen and oxygen atoms in total. The van der Waals surface area contributed by atoms with Crippen molar-refractivity contribution in [2.45, 2.75) is 19.9 Å². The molecule has 1 amide bonds. The van der Waals surface area contributed by atoms with Crippen LogP contribution in [0, 0.1) is 17.6 Å². The molecule has 34 heavy (non-hydrogen) atoms. The number of amides is 1. The molecule has 174 valence electrons. The molecule has 0 radical (unpaired) electrons. The van der Waals surface area contributed by atoms with E-state index in [0.29, 0.717) is 23.5 Å². The van der Waals surface area contributed by atoms with Gasteiger partial charge in [-0.05, 0) is 60.0 Å². The minimum absolute atomic E-state index is 0.151. The first kappa shape index (κ1) is 23.2. The molecule has 1 aliphatic rings. The number of hydrogen-bond donors (Lipinski definition) is 1. The summed E-state index contributed by atoms with van der Waals surface area (Å²) in [6, 6.07) is 16.0. The Morgan fingerprint density at radius 2 is 1.59 bits per heavy atom. The fourth-order valence-corrected chi connectivity index (χ4v) is 3.81. The van der Waals surface area contributed by atoms with Crippen LogP contribution in [0.5, 0.6) is 5.75 Å². The first-order valence-corrected chi connectivity index (χ1v) is 10.8. The third-order valence-corrected chi connectivity index (χ3v) is 5.43. The van der Waals surface area contributed by atoms with Crippen molar-refractivity contribution in [1.29, 1.82) is 0 Å². The van der Waals surface area contributed by atoms with Crippen molar-refractivity contribution < 1.29 is 28.2 Å². The summed E-state index contributed by atoms with van der Waals surface area (Å²) >= 11 is 0. The van der Waals surface area contributed by atoms with Crippen molar-refractivity contribution in [3.63, 3.8) is 0 Å². The third kappa shape index (κ3) is 4.55. The fraction of sp³-hybridized carbons (Fsp3) is 0.185. The average molecular weight is 463 g/mol. The lowest BCUT2D eigenvalue weighted by Gasteiger charge is -2.25. The number of benzene rings is 3. The minimum Gasteiger partial charge on any atom is -0.507 e. The molecule has 1 heterocycles. The van der Waals surface area contributed by atoms with E-state index in [1.807, 2.05) is 13.8 Å². The lowest BCUT2D eigenvalue weighted by molar-refractivity contribution is -0.132. The predicted molar refractivity (Wildman–Crippen MR) is 124 cm³/mol. The van der Waals surface area contributed by atoms with E-state index in [2.05, 4.69) is 0 Å². The summed E-state index contributed by atoms with van der Waals surface area (Å²) in [7, 11) is 0. The van der Waals surface area contributed by atoms with Crippen LogP contribution >= 0.6 is 0 Å². The molecule has 1 unspecified atom stereocenters. The second-order valence-electron chi connectivity index (χ2n) is 8.43. The van der Waals surface area contributed by atoms with Gasteiger partial charge in [-0.2, -0.15) is 0 Å². The van der Waals surface area contributed by atoms with Gasteiger partial charge in [-0.3, -0.25) is 14.5 Å². The van der Waals surface area contributed by atoms with Crippen LogP contribution < -0.4 is 9.64 Å². The Balaban J connectivity index is 1.85. The van der Waals surface area contributed by atoms with Gasteiger partial charge in [0.15, 0.2) is 0 Å². The summed E-state index contributed by atoms with van der Waals surface area (Å²) < 4.78 is 32.9. The molecule has 3 aromatic carbocycles. The molecular weight excluding hydrogens is 440 g/mol. The standard InChI is InChI=1S/C27H23F2NO4/c1-16(2)15-34-22-5-3-4-18(14-22)25(31)23-24(17-6-8-19(28)9-7-17)30(27(33)26(23)32)21-12-10-20(29)11-13-21/h3-14,16,24,31H,15H2,1-2H3/b25-23-. The number of carbonyl (C=O) groups is 2. The third-order valence-electron chi connectivity index (χ3n) is 5.43. The van der Waals surface area contributed by atoms with Crippen molar-refractivity contribution in [3.05, 3.63) is 101 Å². The first-order chi connectivity index (χ1) is 16.3. The molecule has 4 rings (SSSR count). The van der Waals surface area contributed by atoms with Gasteiger partial charge in [-0.1, -0.05) is 38.1 Å². The highest BCUT2D eigenvalue weighted by atomic mass is 19.1. The summed E-state index contributed by atoms with van der Waals surface area (Å²) in [6.45, 7) is 4.47. The Morgan fingerprint density at radius 1 is 0.971 bits per heavy atom. The number of aliphatic hydroxyl groups excluding tert-OH is 1. The van der Waals surface area contributed by atoms with E-state index in [1.54, 1.807) is 24.3 Å². The predicted octanol–water partition coefficient (Wildman–Crippen LogP) is 5.63. The maximum atomic E-state index is 13.6. The van der Waals surface area contributed by atoms with Gasteiger partial charge in [-0.15, -0.1) is 0 Å². The number of anilines is 1. The lowest BCUT2D eigenvalue weighted by atomic mass is 9.95. The highest BCUT2D eigenvalue weighted by molar-refractivity contribution is 6.51. The maximum absolute atomic E-state index is 13.6. The van der Waals surface area contributed by atoms with Crippen LogP contribution in [0.3, 0.4) is 0 Å². The number of Topliss-reactive ketones (excluding diaryl/α,β-unsaturated/α-hetero) is 1. The van der Waals surface area contributed by atoms with Crippen LogP contribution in [0.25, 0.3) is 5.76 Å². The zero-order valence-corrected chi connectivity index (χ0v) is 18.7. The van der Waals surface area contributed by atoms with Crippen LogP contribution in [0.4, 0.5) is 14.5 Å². The Kier molecular flexibility index (Phi) is 6.45. The molecule has 0 aliphatic carbocycles. The molecule has 0 aromatic heterocycles. The monoisotopic (exact) mass is 463 g/mol. The summed E-state index contributed by atoms with van der Waals surface area (Å²) in [6.07, 6.45) is 0. The van der Waals surface area contributed by atoms with E-state index < -0.39 is 29.4 Å². The number of halogens is 2. The normalized spacial score (nSPS) is 17.4. The van der Waals surface area contributed by atoms with Gasteiger partial charge in [0, 0.05) is 11.3 Å². The smallest absolute Gasteiger partial charge is 0.300 e. The summed E-state index contributed by atoms with van der Waals surface area (Å²) in [5.41, 5.74) is 0.831. The quantitative estimate of drug-likeness (QED) is 0.293. The zero-order valence-electron chi connectivity index (χ0n) is 18.7. The number of hydrogen-bond acceptors (Lipinski definition) is 4. The summed E-state index contributed by atoms with van der Waals surface area (Å²) in [4.78, 5) is 27.4. The second-order valence-corrected chi connectivity index (χ2v) is 8.43. The van der Waals surface area contributed by atoms with Crippen molar-refractivity contribution in [2.24, 2.45) is 5.92 Å². The highest BCUT2D eigenvalue weighted by Gasteiger charge is 2.47. The maximum Gasteiger partial charge on any atom is 0.300 e. The van der Waals surface area contributed by atoms with Gasteiger partial charge in [0.05, 0.1) is 18.2 Å². The van der Waals surface area contributed by atoms with Crippen LogP contribution in [0.2, 0.25) is 0 Å². The number of aliphatic hydroxyl groups is 1. The van der Waals surface area contributed by atoms with Crippen LogP contribution in [0.15, 0.2) is 78.4 Å². The number of rotatable bonds is 6. The molecule has 1 aliphatic heterocycles. The molecular formula is C27H23F2NO4. The van der Waals surface area contributed by atoms with Gasteiger partial charge in [0.2, 0.25) is 0 Å². The van der Waals surface area contributed by atoms with Crippen molar-refractivity contribution in [3.8, 4) is 5.75 Å². The van der Waals surface area contributed by atoms with E-state index in [4.69, 9.17) is 4.74 Å². The minimum atomic E-state index is -1.04. The van der Waals surface area contributed by atoms with E-state index in [-0.39, 0.29) is 22.9 Å². The Morgan fingerprint density at radius 3 is 2.21 bits per heavy atom. The molecule has 0 bridgehead atoms. The van der Waals surface area contributed by atoms with E-state index in [9.17, 15) is 23.5 Å². The summed E-state index contributed by atoms with van der Waals surface area (Å²) in [5.74, 6) is -2.36. The van der Waals surface area contributed by atoms with Gasteiger partial charge in [0.25, 0.3) is 11.7 Å². The van der Waals surface area contributed by atoms with Gasteiger partial charge >= 0.3 is 0 Å². The largest absolute Gasteiger partial charge is 0.507 e. The average Bonchev–Trinajstić information content (AvgIpc) is 3.09. The lowest BCUT2D eigenvalue weighted by Crippen LogP contribution is -2.29. The van der Waals surface area contributed by atoms with Crippen molar-refractivity contribution in [1.82, 2.24) is 0 Å². The Labute approximate surface area is 195 Å². The van der Waals surface area contributed by atoms with Crippen LogP contribution in [-0.4, -0.2) is 23.4 Å². The molecule has 3 aromatic rings. The number of ketones is 1. The molecule has 7 heteroatoms. The summed E-state index contributed by atoms with van der Waals surface area (Å²) in [5, 5.41) is 11.2. The van der Waals surface area contributed by atoms with E-state index in [1.165, 1.54) is 53.4 Å². The number of ether oxygens (including phenoxy) is 1. The number of nitrogens with zero attached hydrogens (tertiary/aromatic N) is 1. The second kappa shape index (κ2) is 9.47. The van der Waals surface area contributed by atoms with Gasteiger partial charge in [-0.25, -0.2) is 8.78 Å². The zero-order chi connectivity index (χ0) is 24.4. The Bertz CT molecular complexity index is 1250. The van der Waals surface area contributed by atoms with Gasteiger partial charge in [0.1, 0.15) is 23.1 Å². The highest BCUT2D eigenvalue weighted by Crippen LogP contribution is 2.42.